The van der Waals surface area contributed by atoms with E-state index in [1.807, 2.05) is 6.20 Å². The van der Waals surface area contributed by atoms with Crippen molar-refractivity contribution in [2.75, 3.05) is 13.1 Å². The molecular weight excluding hydrogens is 248 g/mol. The van der Waals surface area contributed by atoms with Crippen LogP contribution in [0.3, 0.4) is 0 Å². The zero-order chi connectivity index (χ0) is 14.1. The third-order valence-electron chi connectivity index (χ3n) is 4.44. The Hall–Kier alpha value is -1.48. The van der Waals surface area contributed by atoms with Crippen LogP contribution in [-0.2, 0) is 12.8 Å². The number of nitrogens with one attached hydrogen (secondary N) is 1. The quantitative estimate of drug-likeness (QED) is 0.875. The lowest BCUT2D eigenvalue weighted by Gasteiger charge is -2.27. The Balaban J connectivity index is 1.85. The number of hydrogen-bond acceptors (Lipinski definition) is 2. The predicted octanol–water partition coefficient (Wildman–Crippen LogP) is 3.46. The van der Waals surface area contributed by atoms with E-state index in [-0.39, 0.29) is 0 Å². The minimum atomic E-state index is 0.297. The minimum absolute atomic E-state index is 0.297. The summed E-state index contributed by atoms with van der Waals surface area (Å²) in [5, 5.41) is 11.9. The van der Waals surface area contributed by atoms with Crippen LogP contribution in [0.1, 0.15) is 37.8 Å². The molecule has 1 heterocycles. The molecule has 0 fully saturated rings. The number of fused-ring (bicyclic) bond motifs is 2. The van der Waals surface area contributed by atoms with Crippen molar-refractivity contribution in [3.8, 4) is 5.88 Å². The second kappa shape index (κ2) is 5.49. The van der Waals surface area contributed by atoms with E-state index in [1.54, 1.807) is 0 Å². The summed E-state index contributed by atoms with van der Waals surface area (Å²) in [5.74, 6) is 0.297. The van der Waals surface area contributed by atoms with Gasteiger partial charge in [-0.05, 0) is 62.0 Å². The summed E-state index contributed by atoms with van der Waals surface area (Å²) in [7, 11) is 0. The number of benzene rings is 1. The van der Waals surface area contributed by atoms with Crippen LogP contribution in [0, 0.1) is 0 Å². The molecule has 1 unspecified atom stereocenters. The second-order valence-electron chi connectivity index (χ2n) is 5.94. The Morgan fingerprint density at radius 2 is 1.80 bits per heavy atom. The highest BCUT2D eigenvalue weighted by molar-refractivity contribution is 5.89. The SMILES string of the molecule is CCCN(CCC)C1Cc2cc3c[nH]c(O)c3cc2C1. The molecule has 1 aliphatic carbocycles. The molecule has 3 rings (SSSR count). The molecule has 1 aromatic carbocycles. The van der Waals surface area contributed by atoms with Gasteiger partial charge in [-0.3, -0.25) is 4.90 Å². The van der Waals surface area contributed by atoms with Crippen LogP contribution < -0.4 is 0 Å². The Morgan fingerprint density at radius 3 is 2.45 bits per heavy atom. The lowest BCUT2D eigenvalue weighted by molar-refractivity contribution is 0.202. The van der Waals surface area contributed by atoms with Gasteiger partial charge in [0.1, 0.15) is 0 Å². The molecule has 1 aliphatic rings. The molecule has 2 aromatic rings. The Labute approximate surface area is 120 Å². The molecule has 3 heteroatoms. The average molecular weight is 272 g/mol. The topological polar surface area (TPSA) is 39.3 Å². The molecule has 2 N–H and O–H groups in total. The van der Waals surface area contributed by atoms with Gasteiger partial charge in [0.25, 0.3) is 0 Å². The van der Waals surface area contributed by atoms with E-state index in [9.17, 15) is 5.11 Å². The summed E-state index contributed by atoms with van der Waals surface area (Å²) in [6.07, 6.45) is 6.60. The lowest BCUT2D eigenvalue weighted by atomic mass is 10.1. The van der Waals surface area contributed by atoms with Crippen LogP contribution in [0.5, 0.6) is 5.88 Å². The maximum absolute atomic E-state index is 9.82. The number of rotatable bonds is 5. The summed E-state index contributed by atoms with van der Waals surface area (Å²) >= 11 is 0. The second-order valence-corrected chi connectivity index (χ2v) is 5.94. The fraction of sp³-hybridized carbons (Fsp3) is 0.529. The van der Waals surface area contributed by atoms with Crippen molar-refractivity contribution in [3.63, 3.8) is 0 Å². The van der Waals surface area contributed by atoms with Gasteiger partial charge in [0.2, 0.25) is 0 Å². The normalized spacial score (nSPS) is 18.1. The molecule has 0 bridgehead atoms. The zero-order valence-electron chi connectivity index (χ0n) is 12.4. The predicted molar refractivity (Wildman–Crippen MR) is 83.3 cm³/mol. The summed E-state index contributed by atoms with van der Waals surface area (Å²) < 4.78 is 0. The van der Waals surface area contributed by atoms with Crippen molar-refractivity contribution in [3.05, 3.63) is 29.5 Å². The number of nitrogens with zero attached hydrogens (tertiary/aromatic N) is 1. The van der Waals surface area contributed by atoms with Gasteiger partial charge in [0.15, 0.2) is 5.88 Å². The van der Waals surface area contributed by atoms with Crippen LogP contribution in [-0.4, -0.2) is 34.1 Å². The zero-order valence-corrected chi connectivity index (χ0v) is 12.4. The molecular formula is C17H24N2O. The Kier molecular flexibility index (Phi) is 3.70. The molecule has 3 nitrogen and oxygen atoms in total. The third-order valence-corrected chi connectivity index (χ3v) is 4.44. The fourth-order valence-electron chi connectivity index (χ4n) is 3.53. The summed E-state index contributed by atoms with van der Waals surface area (Å²) in [6, 6.07) is 5.06. The van der Waals surface area contributed by atoms with Crippen molar-refractivity contribution in [2.24, 2.45) is 0 Å². The first-order chi connectivity index (χ1) is 9.72. The lowest BCUT2D eigenvalue weighted by Crippen LogP contribution is -2.37. The van der Waals surface area contributed by atoms with Crippen molar-refractivity contribution < 1.29 is 5.11 Å². The summed E-state index contributed by atoms with van der Waals surface area (Å²) in [6.45, 7) is 6.90. The van der Waals surface area contributed by atoms with Crippen LogP contribution >= 0.6 is 0 Å². The van der Waals surface area contributed by atoms with Gasteiger partial charge in [-0.1, -0.05) is 13.8 Å². The van der Waals surface area contributed by atoms with Gasteiger partial charge < -0.3 is 10.1 Å². The summed E-state index contributed by atoms with van der Waals surface area (Å²) in [4.78, 5) is 5.53. The van der Waals surface area contributed by atoms with Crippen LogP contribution in [0.25, 0.3) is 10.8 Å². The number of aromatic amines is 1. The van der Waals surface area contributed by atoms with Crippen molar-refractivity contribution in [1.82, 2.24) is 9.88 Å². The smallest absolute Gasteiger partial charge is 0.196 e. The van der Waals surface area contributed by atoms with E-state index in [2.05, 4.69) is 35.9 Å². The van der Waals surface area contributed by atoms with Gasteiger partial charge in [-0.2, -0.15) is 0 Å². The first-order valence-electron chi connectivity index (χ1n) is 7.78. The van der Waals surface area contributed by atoms with Crippen molar-refractivity contribution in [1.29, 1.82) is 0 Å². The van der Waals surface area contributed by atoms with E-state index < -0.39 is 0 Å². The molecule has 108 valence electrons. The molecule has 0 amide bonds. The number of H-pyrrole nitrogens is 1. The van der Waals surface area contributed by atoms with Crippen molar-refractivity contribution in [2.45, 2.75) is 45.6 Å². The number of hydrogen-bond donors (Lipinski definition) is 2. The average Bonchev–Trinajstić information content (AvgIpc) is 3.00. The molecule has 0 saturated heterocycles. The standard InChI is InChI=1S/C17H24N2O/c1-3-5-19(6-4-2)15-8-12-7-14-11-18-17(20)16(14)10-13(12)9-15/h7,10-11,15,18,20H,3-6,8-9H2,1-2H3. The first kappa shape index (κ1) is 13.5. The molecule has 0 saturated carbocycles. The maximum atomic E-state index is 9.82. The molecule has 0 radical (unpaired) electrons. The van der Waals surface area contributed by atoms with E-state index >= 15 is 0 Å². The van der Waals surface area contributed by atoms with Crippen LogP contribution in [0.4, 0.5) is 0 Å². The minimum Gasteiger partial charge on any atom is -0.494 e. The van der Waals surface area contributed by atoms with Crippen LogP contribution in [0.15, 0.2) is 18.3 Å². The highest BCUT2D eigenvalue weighted by atomic mass is 16.3. The van der Waals surface area contributed by atoms with Crippen molar-refractivity contribution >= 4 is 10.8 Å². The highest BCUT2D eigenvalue weighted by Crippen LogP contribution is 2.33. The molecule has 0 aliphatic heterocycles. The van der Waals surface area contributed by atoms with Gasteiger partial charge in [-0.15, -0.1) is 0 Å². The van der Waals surface area contributed by atoms with E-state index in [0.29, 0.717) is 11.9 Å². The third kappa shape index (κ3) is 2.31. The monoisotopic (exact) mass is 272 g/mol. The summed E-state index contributed by atoms with van der Waals surface area (Å²) in [5.41, 5.74) is 2.87. The molecule has 20 heavy (non-hydrogen) atoms. The Morgan fingerprint density at radius 1 is 1.15 bits per heavy atom. The molecule has 1 atom stereocenters. The van der Waals surface area contributed by atoms with Gasteiger partial charge in [0, 0.05) is 23.0 Å². The highest BCUT2D eigenvalue weighted by Gasteiger charge is 2.26. The fourth-order valence-corrected chi connectivity index (χ4v) is 3.53. The van der Waals surface area contributed by atoms with Gasteiger partial charge >= 0.3 is 0 Å². The Bertz CT molecular complexity index is 596. The van der Waals surface area contributed by atoms with E-state index in [1.165, 1.54) is 37.1 Å². The molecule has 1 aromatic heterocycles. The maximum Gasteiger partial charge on any atom is 0.196 e. The number of aromatic hydroxyl groups is 1. The van der Waals surface area contributed by atoms with Crippen LogP contribution in [0.2, 0.25) is 0 Å². The van der Waals surface area contributed by atoms with Gasteiger partial charge in [-0.25, -0.2) is 0 Å². The van der Waals surface area contributed by atoms with E-state index in [4.69, 9.17) is 0 Å². The first-order valence-corrected chi connectivity index (χ1v) is 7.78. The number of aromatic nitrogens is 1. The van der Waals surface area contributed by atoms with E-state index in [0.717, 1.165) is 23.6 Å². The van der Waals surface area contributed by atoms with Gasteiger partial charge in [0.05, 0.1) is 0 Å². The largest absolute Gasteiger partial charge is 0.494 e. The molecule has 0 spiro atoms.